The van der Waals surface area contributed by atoms with Crippen LogP contribution >= 0.6 is 7.82 Å². The maximum Gasteiger partial charge on any atom is 0.469 e. The molecule has 1 atom stereocenters. The van der Waals surface area contributed by atoms with Crippen LogP contribution in [-0.4, -0.2) is 40.2 Å². The second-order valence-electron chi connectivity index (χ2n) is 7.46. The number of hydrogen-bond donors (Lipinski definition) is 3. The Morgan fingerprint density at radius 1 is 0.862 bits per heavy atom. The van der Waals surface area contributed by atoms with Crippen molar-refractivity contribution in [2.24, 2.45) is 0 Å². The number of ether oxygens (including phenoxy) is 1. The molecule has 0 saturated heterocycles. The van der Waals surface area contributed by atoms with E-state index >= 15 is 0 Å². The van der Waals surface area contributed by atoms with E-state index in [9.17, 15) is 14.5 Å². The molecule has 0 spiro atoms. The summed E-state index contributed by atoms with van der Waals surface area (Å²) in [5.74, 6) is -0.415. The van der Waals surface area contributed by atoms with E-state index in [0.29, 0.717) is 0 Å². The molecule has 0 rings (SSSR count). The highest BCUT2D eigenvalue weighted by Crippen LogP contribution is 2.35. The van der Waals surface area contributed by atoms with E-state index in [2.05, 4.69) is 23.6 Å². The summed E-state index contributed by atoms with van der Waals surface area (Å²) >= 11 is 0. The minimum absolute atomic E-state index is 0.287. The Balaban J connectivity index is 3.36. The van der Waals surface area contributed by atoms with Gasteiger partial charge in [0.15, 0.2) is 0 Å². The van der Waals surface area contributed by atoms with Crippen molar-refractivity contribution >= 4 is 13.8 Å². The standard InChI is InChI=1S/C21H41O7P/c1-2-3-4-5-6-7-8-9-10-11-12-13-14-15-16-17-21(23)27-18-20(22)19-28-29(24,25)26/h7-8,20,22H,2-6,9-19H2,1H3,(H2,24,25,26)/b8-7-. The Morgan fingerprint density at radius 2 is 1.38 bits per heavy atom. The maximum atomic E-state index is 11.5. The average Bonchev–Trinajstić information content (AvgIpc) is 2.67. The van der Waals surface area contributed by atoms with Gasteiger partial charge in [-0.2, -0.15) is 0 Å². The van der Waals surface area contributed by atoms with Crippen LogP contribution in [0.1, 0.15) is 96.8 Å². The highest BCUT2D eigenvalue weighted by molar-refractivity contribution is 7.46. The van der Waals surface area contributed by atoms with Crippen LogP contribution in [0, 0.1) is 0 Å². The van der Waals surface area contributed by atoms with Gasteiger partial charge in [0.2, 0.25) is 0 Å². The predicted octanol–water partition coefficient (Wildman–Crippen LogP) is 5.04. The fourth-order valence-electron chi connectivity index (χ4n) is 2.83. The first kappa shape index (κ1) is 28.3. The van der Waals surface area contributed by atoms with Gasteiger partial charge in [-0.1, -0.05) is 70.4 Å². The molecule has 0 aliphatic carbocycles. The van der Waals surface area contributed by atoms with Crippen molar-refractivity contribution in [1.82, 2.24) is 0 Å². The smallest absolute Gasteiger partial charge is 0.463 e. The molecule has 0 bridgehead atoms. The first-order valence-corrected chi connectivity index (χ1v) is 12.6. The highest BCUT2D eigenvalue weighted by Gasteiger charge is 2.17. The van der Waals surface area contributed by atoms with Crippen LogP contribution in [0.5, 0.6) is 0 Å². The van der Waals surface area contributed by atoms with Crippen LogP contribution in [0.4, 0.5) is 0 Å². The fourth-order valence-corrected chi connectivity index (χ4v) is 3.20. The summed E-state index contributed by atoms with van der Waals surface area (Å²) in [6.07, 6.45) is 19.0. The Kier molecular flexibility index (Phi) is 18.8. The zero-order valence-corrected chi connectivity index (χ0v) is 18.9. The molecule has 0 aromatic rings. The van der Waals surface area contributed by atoms with E-state index in [0.717, 1.165) is 19.3 Å². The van der Waals surface area contributed by atoms with Gasteiger partial charge in [-0.15, -0.1) is 0 Å². The van der Waals surface area contributed by atoms with Gasteiger partial charge in [-0.3, -0.25) is 9.32 Å². The van der Waals surface area contributed by atoms with Crippen molar-refractivity contribution in [1.29, 1.82) is 0 Å². The molecule has 0 aliphatic rings. The third kappa shape index (κ3) is 23.4. The van der Waals surface area contributed by atoms with Gasteiger partial charge in [-0.05, 0) is 32.1 Å². The molecule has 29 heavy (non-hydrogen) atoms. The molecule has 0 aromatic heterocycles. The SMILES string of the molecule is CCCCCC/C=C\CCCCCCCCCC(=O)OCC(O)COP(=O)(O)O. The second kappa shape index (κ2) is 19.3. The molecule has 7 nitrogen and oxygen atoms in total. The summed E-state index contributed by atoms with van der Waals surface area (Å²) in [7, 11) is -4.62. The first-order valence-electron chi connectivity index (χ1n) is 11.0. The van der Waals surface area contributed by atoms with Crippen molar-refractivity contribution in [3.8, 4) is 0 Å². The van der Waals surface area contributed by atoms with Crippen molar-refractivity contribution in [2.75, 3.05) is 13.2 Å². The molecule has 8 heteroatoms. The molecule has 0 radical (unpaired) electrons. The fraction of sp³-hybridized carbons (Fsp3) is 0.857. The maximum absolute atomic E-state index is 11.5. The molecular formula is C21H41O7P. The van der Waals surface area contributed by atoms with Crippen LogP contribution in [-0.2, 0) is 18.6 Å². The molecule has 3 N–H and O–H groups in total. The zero-order valence-electron chi connectivity index (χ0n) is 18.0. The predicted molar refractivity (Wildman–Crippen MR) is 114 cm³/mol. The second-order valence-corrected chi connectivity index (χ2v) is 8.70. The first-order chi connectivity index (χ1) is 13.8. The Bertz CT molecular complexity index is 462. The molecule has 0 amide bonds. The lowest BCUT2D eigenvalue weighted by Gasteiger charge is -2.12. The normalized spacial score (nSPS) is 13.1. The van der Waals surface area contributed by atoms with Crippen molar-refractivity contribution in [3.05, 3.63) is 12.2 Å². The molecule has 1 unspecified atom stereocenters. The molecule has 0 heterocycles. The molecule has 0 fully saturated rings. The summed E-state index contributed by atoms with van der Waals surface area (Å²) in [6.45, 7) is 1.33. The van der Waals surface area contributed by atoms with Crippen molar-refractivity contribution in [3.63, 3.8) is 0 Å². The van der Waals surface area contributed by atoms with Crippen molar-refractivity contribution in [2.45, 2.75) is 103 Å². The largest absolute Gasteiger partial charge is 0.469 e. The lowest BCUT2D eigenvalue weighted by atomic mass is 10.1. The minimum atomic E-state index is -4.62. The van der Waals surface area contributed by atoms with Crippen LogP contribution in [0.25, 0.3) is 0 Å². The number of phosphoric ester groups is 1. The zero-order chi connectivity index (χ0) is 21.8. The number of carbonyl (C=O) groups is 1. The van der Waals surface area contributed by atoms with E-state index in [-0.39, 0.29) is 13.0 Å². The number of allylic oxidation sites excluding steroid dienone is 2. The third-order valence-corrected chi connectivity index (χ3v) is 5.00. The number of carbonyl (C=O) groups excluding carboxylic acids is 1. The molecule has 0 aliphatic heterocycles. The van der Waals surface area contributed by atoms with E-state index in [1.54, 1.807) is 0 Å². The topological polar surface area (TPSA) is 113 Å². The van der Waals surface area contributed by atoms with Gasteiger partial charge in [-0.25, -0.2) is 4.57 Å². The van der Waals surface area contributed by atoms with Crippen molar-refractivity contribution < 1.29 is 33.5 Å². The minimum Gasteiger partial charge on any atom is -0.463 e. The molecule has 0 aromatic carbocycles. The van der Waals surface area contributed by atoms with Gasteiger partial charge in [0.25, 0.3) is 0 Å². The van der Waals surface area contributed by atoms with Gasteiger partial charge in [0.1, 0.15) is 12.7 Å². The van der Waals surface area contributed by atoms with E-state index in [4.69, 9.17) is 14.5 Å². The Morgan fingerprint density at radius 3 is 1.93 bits per heavy atom. The average molecular weight is 437 g/mol. The highest BCUT2D eigenvalue weighted by atomic mass is 31.2. The van der Waals surface area contributed by atoms with E-state index < -0.39 is 26.5 Å². The van der Waals surface area contributed by atoms with Crippen LogP contribution < -0.4 is 0 Å². The molecule has 0 saturated carbocycles. The molecular weight excluding hydrogens is 395 g/mol. The summed E-state index contributed by atoms with van der Waals surface area (Å²) < 4.78 is 19.5. The summed E-state index contributed by atoms with van der Waals surface area (Å²) in [6, 6.07) is 0. The summed E-state index contributed by atoms with van der Waals surface area (Å²) in [5, 5.41) is 9.42. The number of aliphatic hydroxyl groups excluding tert-OH is 1. The van der Waals surface area contributed by atoms with Gasteiger partial charge < -0.3 is 19.6 Å². The summed E-state index contributed by atoms with van der Waals surface area (Å²) in [4.78, 5) is 28.6. The number of unbranched alkanes of at least 4 members (excludes halogenated alkanes) is 11. The number of aliphatic hydroxyl groups is 1. The number of esters is 1. The summed E-state index contributed by atoms with van der Waals surface area (Å²) in [5.41, 5.74) is 0. The van der Waals surface area contributed by atoms with Crippen LogP contribution in [0.2, 0.25) is 0 Å². The van der Waals surface area contributed by atoms with Crippen LogP contribution in [0.3, 0.4) is 0 Å². The van der Waals surface area contributed by atoms with Gasteiger partial charge in [0.05, 0.1) is 6.61 Å². The lowest BCUT2D eigenvalue weighted by Crippen LogP contribution is -2.23. The number of hydrogen-bond acceptors (Lipinski definition) is 5. The lowest BCUT2D eigenvalue weighted by molar-refractivity contribution is -0.147. The van der Waals surface area contributed by atoms with Gasteiger partial charge >= 0.3 is 13.8 Å². The van der Waals surface area contributed by atoms with E-state index in [1.165, 1.54) is 64.2 Å². The van der Waals surface area contributed by atoms with Gasteiger partial charge in [0, 0.05) is 6.42 Å². The monoisotopic (exact) mass is 436 g/mol. The quantitative estimate of drug-likeness (QED) is 0.106. The van der Waals surface area contributed by atoms with Crippen LogP contribution in [0.15, 0.2) is 12.2 Å². The number of rotatable bonds is 20. The Labute approximate surface area is 176 Å². The third-order valence-electron chi connectivity index (χ3n) is 4.51. The number of phosphoric acid groups is 1. The molecule has 172 valence electrons. The Hall–Kier alpha value is -0.720. The van der Waals surface area contributed by atoms with E-state index in [1.807, 2.05) is 0 Å².